The summed E-state index contributed by atoms with van der Waals surface area (Å²) in [5.41, 5.74) is 7.83. The zero-order valence-electron chi connectivity index (χ0n) is 61.1. The molecule has 15 rings (SSSR count). The predicted octanol–water partition coefficient (Wildman–Crippen LogP) is 29.2. The third-order valence-corrected chi connectivity index (χ3v) is 14.3. The molecule has 90 heavy (non-hydrogen) atoms. The summed E-state index contributed by atoms with van der Waals surface area (Å²) in [6.45, 7) is 48.0. The third kappa shape index (κ3) is 17.1. The lowest BCUT2D eigenvalue weighted by Crippen LogP contribution is -1.88. The molecule has 0 atom stereocenters. The summed E-state index contributed by atoms with van der Waals surface area (Å²) in [5, 5.41) is 23.8. The Labute approximate surface area is 546 Å². The van der Waals surface area contributed by atoms with E-state index in [4.69, 9.17) is 0 Å². The maximum absolute atomic E-state index is 2.36. The highest BCUT2D eigenvalue weighted by Crippen LogP contribution is 2.40. The molecule has 0 N–H and O–H groups in total. The maximum Gasteiger partial charge on any atom is 0.0568 e. The second kappa shape index (κ2) is 43.3. The van der Waals surface area contributed by atoms with Crippen LogP contribution in [0.5, 0.6) is 0 Å². The van der Waals surface area contributed by atoms with Crippen LogP contribution in [0.4, 0.5) is 0 Å². The Morgan fingerprint density at radius 1 is 0.167 bits per heavy atom. The van der Waals surface area contributed by atoms with Crippen molar-refractivity contribution in [2.45, 2.75) is 166 Å². The van der Waals surface area contributed by atoms with E-state index in [9.17, 15) is 0 Å². The summed E-state index contributed by atoms with van der Waals surface area (Å²) in [6, 6.07) is 78.9. The smallest absolute Gasteiger partial charge is 0.0568 e. The molecule has 12 aromatic carbocycles. The van der Waals surface area contributed by atoms with Gasteiger partial charge >= 0.3 is 0 Å². The van der Waals surface area contributed by atoms with Crippen molar-refractivity contribution in [3.8, 4) is 0 Å². The van der Waals surface area contributed by atoms with Gasteiger partial charge in [0.2, 0.25) is 0 Å². The quantitative estimate of drug-likeness (QED) is 0.144. The Balaban J connectivity index is 0.000000578. The SMILES string of the molecule is CC.CC.CC.CC.CC.CC.CC.CC.CC.CC.CC.CC.Cn1c2c3ccccc3ccc2c2ccc3ccccc3c21.Cn1c2cc3ccccc3cc2c2cc3ccccc3cc21.Cn1c2ccc3ccccc3c2c2c3ccccc3ccc21. The average Bonchev–Trinajstić information content (AvgIpc) is 1.74. The van der Waals surface area contributed by atoms with Crippen molar-refractivity contribution >= 4 is 130 Å². The lowest BCUT2D eigenvalue weighted by atomic mass is 10.00. The molecule has 3 nitrogen and oxygen atoms in total. The van der Waals surface area contributed by atoms with Crippen molar-refractivity contribution in [2.24, 2.45) is 21.1 Å². The van der Waals surface area contributed by atoms with E-state index >= 15 is 0 Å². The molecule has 15 aromatic rings. The van der Waals surface area contributed by atoms with E-state index in [0.29, 0.717) is 0 Å². The number of aromatic nitrogens is 3. The van der Waals surface area contributed by atoms with Gasteiger partial charge in [0, 0.05) is 86.3 Å². The molecule has 3 aromatic heterocycles. The number of hydrogen-bond donors (Lipinski definition) is 0. The highest BCUT2D eigenvalue weighted by Gasteiger charge is 2.16. The molecule has 480 valence electrons. The van der Waals surface area contributed by atoms with Gasteiger partial charge in [0.05, 0.1) is 11.0 Å². The Bertz CT molecular complexity index is 4170. The summed E-state index contributed by atoms with van der Waals surface area (Å²) in [4.78, 5) is 0. The second-order valence-electron chi connectivity index (χ2n) is 17.8. The fourth-order valence-electron chi connectivity index (χ4n) is 11.1. The van der Waals surface area contributed by atoms with Gasteiger partial charge in [0.15, 0.2) is 0 Å². The fourth-order valence-corrected chi connectivity index (χ4v) is 11.1. The summed E-state index contributed by atoms with van der Waals surface area (Å²) < 4.78 is 6.97. The van der Waals surface area contributed by atoms with Gasteiger partial charge in [0.25, 0.3) is 0 Å². The molecule has 0 spiro atoms. The summed E-state index contributed by atoms with van der Waals surface area (Å²) in [5.74, 6) is 0. The molecule has 3 heteroatoms. The lowest BCUT2D eigenvalue weighted by molar-refractivity contribution is 1.02. The molecule has 0 aliphatic heterocycles. The minimum absolute atomic E-state index is 1.30. The average molecular weight is 1200 g/mol. The van der Waals surface area contributed by atoms with Crippen LogP contribution < -0.4 is 0 Å². The van der Waals surface area contributed by atoms with E-state index in [2.05, 4.69) is 253 Å². The van der Waals surface area contributed by atoms with Gasteiger partial charge in [-0.3, -0.25) is 0 Å². The predicted molar refractivity (Wildman–Crippen MR) is 422 cm³/mol. The van der Waals surface area contributed by atoms with Gasteiger partial charge < -0.3 is 13.7 Å². The normalized spacial score (nSPS) is 9.50. The van der Waals surface area contributed by atoms with E-state index in [-0.39, 0.29) is 0 Å². The van der Waals surface area contributed by atoms with Crippen LogP contribution in [-0.4, -0.2) is 13.7 Å². The standard InChI is InChI=1S/3C21H15N.12C2H6/c1-22-20-12-16-8-4-2-6-14(16)10-18(20)19-11-15-7-3-5-9-17(15)13-21(19)22;1-22-18-12-10-14-6-2-4-8-16(14)20(18)21-17-9-5-3-7-15(17)11-13-19(21)22;1-22-20-16-8-4-2-6-14(16)10-12-18(20)19-13-11-15-7-3-5-9-17(15)21(19)22;12*1-2/h3*2-13H,1H3;12*1-2H3. The number of rotatable bonds is 0. The van der Waals surface area contributed by atoms with Gasteiger partial charge in [-0.2, -0.15) is 0 Å². The second-order valence-corrected chi connectivity index (χ2v) is 17.8. The van der Waals surface area contributed by atoms with Gasteiger partial charge in [-0.05, 0) is 90.3 Å². The number of aryl methyl sites for hydroxylation is 3. The molecule has 0 saturated carbocycles. The number of nitrogens with zero attached hydrogens (tertiary/aromatic N) is 3. The first-order valence-electron chi connectivity index (χ1n) is 34.8. The van der Waals surface area contributed by atoms with Crippen molar-refractivity contribution in [3.05, 3.63) is 218 Å². The number of hydrogen-bond acceptors (Lipinski definition) is 0. The molecule has 3 heterocycles. The van der Waals surface area contributed by atoms with Crippen molar-refractivity contribution < 1.29 is 0 Å². The molecule has 0 aliphatic carbocycles. The van der Waals surface area contributed by atoms with Crippen LogP contribution in [0.3, 0.4) is 0 Å². The Morgan fingerprint density at radius 3 is 0.689 bits per heavy atom. The van der Waals surface area contributed by atoms with E-state index < -0.39 is 0 Å². The number of benzene rings is 12. The number of fused-ring (bicyclic) bond motifs is 19. The van der Waals surface area contributed by atoms with Gasteiger partial charge in [-0.15, -0.1) is 0 Å². The molecule has 0 fully saturated rings. The topological polar surface area (TPSA) is 14.8 Å². The Hall–Kier alpha value is -8.40. The molecule has 0 saturated heterocycles. The van der Waals surface area contributed by atoms with Crippen LogP contribution >= 0.6 is 0 Å². The zero-order chi connectivity index (χ0) is 68.0. The van der Waals surface area contributed by atoms with Crippen LogP contribution in [0, 0.1) is 0 Å². The van der Waals surface area contributed by atoms with Gasteiger partial charge in [0.1, 0.15) is 0 Å². The van der Waals surface area contributed by atoms with Crippen molar-refractivity contribution in [1.82, 2.24) is 13.7 Å². The first-order chi connectivity index (χ1) is 44.5. The van der Waals surface area contributed by atoms with E-state index in [1.165, 1.54) is 130 Å². The van der Waals surface area contributed by atoms with Crippen LogP contribution in [0.1, 0.15) is 166 Å². The van der Waals surface area contributed by atoms with Crippen LogP contribution in [0.2, 0.25) is 0 Å². The molecule has 0 unspecified atom stereocenters. The van der Waals surface area contributed by atoms with E-state index in [1.54, 1.807) is 0 Å². The molecule has 0 bridgehead atoms. The van der Waals surface area contributed by atoms with Crippen molar-refractivity contribution in [3.63, 3.8) is 0 Å². The van der Waals surface area contributed by atoms with Crippen molar-refractivity contribution in [1.29, 1.82) is 0 Å². The Morgan fingerprint density at radius 2 is 0.389 bits per heavy atom. The Kier molecular flexibility index (Phi) is 38.3. The van der Waals surface area contributed by atoms with Gasteiger partial charge in [-0.1, -0.05) is 348 Å². The molecule has 0 amide bonds. The summed E-state index contributed by atoms with van der Waals surface area (Å²) in [7, 11) is 6.51. The summed E-state index contributed by atoms with van der Waals surface area (Å²) in [6.07, 6.45) is 0. The third-order valence-electron chi connectivity index (χ3n) is 14.3. The molecule has 0 radical (unpaired) electrons. The highest BCUT2D eigenvalue weighted by atomic mass is 14.9. The maximum atomic E-state index is 2.36. The lowest BCUT2D eigenvalue weighted by Gasteiger charge is -2.04. The summed E-state index contributed by atoms with van der Waals surface area (Å²) >= 11 is 0. The molecular weight excluding hydrogens is 1090 g/mol. The zero-order valence-corrected chi connectivity index (χ0v) is 61.1. The fraction of sp³-hybridized carbons (Fsp3) is 0.310. The first kappa shape index (κ1) is 79.6. The molecular formula is C87H117N3. The van der Waals surface area contributed by atoms with Crippen LogP contribution in [0.25, 0.3) is 130 Å². The minimum Gasteiger partial charge on any atom is -0.344 e. The van der Waals surface area contributed by atoms with Crippen molar-refractivity contribution in [2.75, 3.05) is 0 Å². The monoisotopic (exact) mass is 1200 g/mol. The van der Waals surface area contributed by atoms with E-state index in [0.717, 1.165) is 0 Å². The first-order valence-corrected chi connectivity index (χ1v) is 34.8. The highest BCUT2D eigenvalue weighted by molar-refractivity contribution is 6.28. The largest absolute Gasteiger partial charge is 0.344 e. The van der Waals surface area contributed by atoms with E-state index in [1.807, 2.05) is 166 Å². The van der Waals surface area contributed by atoms with Crippen LogP contribution in [0.15, 0.2) is 218 Å². The van der Waals surface area contributed by atoms with Gasteiger partial charge in [-0.25, -0.2) is 0 Å². The molecule has 0 aliphatic rings. The minimum atomic E-state index is 1.30. The van der Waals surface area contributed by atoms with Crippen LogP contribution in [-0.2, 0) is 21.1 Å².